The SMILES string of the molecule is CC(C)(CO)C(O)C(=O)NCCC(=O)NCCSCc1ccccc1. The van der Waals surface area contributed by atoms with Gasteiger partial charge in [0.05, 0.1) is 6.61 Å². The maximum Gasteiger partial charge on any atom is 0.249 e. The van der Waals surface area contributed by atoms with Crippen LogP contribution in [0, 0.1) is 5.41 Å². The molecule has 0 aliphatic carbocycles. The van der Waals surface area contributed by atoms with Gasteiger partial charge in [-0.15, -0.1) is 0 Å². The van der Waals surface area contributed by atoms with Crippen molar-refractivity contribution in [2.45, 2.75) is 32.1 Å². The zero-order valence-corrected chi connectivity index (χ0v) is 15.6. The largest absolute Gasteiger partial charge is 0.396 e. The molecular weight excluding hydrogens is 340 g/mol. The number of hydrogen-bond acceptors (Lipinski definition) is 5. The number of amides is 2. The van der Waals surface area contributed by atoms with Gasteiger partial charge in [-0.05, 0) is 5.56 Å². The highest BCUT2D eigenvalue weighted by Gasteiger charge is 2.32. The topological polar surface area (TPSA) is 98.7 Å². The van der Waals surface area contributed by atoms with Gasteiger partial charge in [0.1, 0.15) is 6.10 Å². The minimum Gasteiger partial charge on any atom is -0.396 e. The summed E-state index contributed by atoms with van der Waals surface area (Å²) in [6.07, 6.45) is -1.16. The number of thioether (sulfide) groups is 1. The molecule has 0 aliphatic heterocycles. The second-order valence-electron chi connectivity index (χ2n) is 6.48. The van der Waals surface area contributed by atoms with Crippen LogP contribution in [0.4, 0.5) is 0 Å². The Morgan fingerprint density at radius 2 is 1.84 bits per heavy atom. The van der Waals surface area contributed by atoms with Gasteiger partial charge in [-0.3, -0.25) is 9.59 Å². The molecule has 0 radical (unpaired) electrons. The predicted molar refractivity (Wildman–Crippen MR) is 100 cm³/mol. The molecule has 6 nitrogen and oxygen atoms in total. The van der Waals surface area contributed by atoms with Gasteiger partial charge < -0.3 is 20.8 Å². The molecule has 0 saturated heterocycles. The van der Waals surface area contributed by atoms with Crippen molar-refractivity contribution in [2.24, 2.45) is 5.41 Å². The van der Waals surface area contributed by atoms with Crippen LogP contribution in [0.5, 0.6) is 0 Å². The lowest BCUT2D eigenvalue weighted by Gasteiger charge is -2.27. The summed E-state index contributed by atoms with van der Waals surface area (Å²) in [4.78, 5) is 23.5. The third-order valence-electron chi connectivity index (χ3n) is 3.73. The number of rotatable bonds is 11. The highest BCUT2D eigenvalue weighted by atomic mass is 32.2. The second-order valence-corrected chi connectivity index (χ2v) is 7.58. The standard InChI is InChI=1S/C18H28N2O4S/c1-18(2,13-21)16(23)17(24)20-9-8-15(22)19-10-11-25-12-14-6-4-3-5-7-14/h3-7,16,21,23H,8-13H2,1-2H3,(H,19,22)(H,20,24). The summed E-state index contributed by atoms with van der Waals surface area (Å²) in [5.74, 6) is 1.00. The molecule has 0 spiro atoms. The Balaban J connectivity index is 2.10. The molecule has 0 fully saturated rings. The number of aliphatic hydroxyl groups excluding tert-OH is 2. The average molecular weight is 368 g/mol. The first kappa shape index (κ1) is 21.5. The van der Waals surface area contributed by atoms with Gasteiger partial charge in [0, 0.05) is 36.4 Å². The highest BCUT2D eigenvalue weighted by Crippen LogP contribution is 2.19. The Hall–Kier alpha value is -1.57. The molecule has 0 aliphatic rings. The van der Waals surface area contributed by atoms with Crippen molar-refractivity contribution < 1.29 is 19.8 Å². The summed E-state index contributed by atoms with van der Waals surface area (Å²) in [7, 11) is 0. The molecule has 1 atom stereocenters. The van der Waals surface area contributed by atoms with E-state index in [0.717, 1.165) is 11.5 Å². The Bertz CT molecular complexity index is 537. The first-order chi connectivity index (χ1) is 11.9. The van der Waals surface area contributed by atoms with Crippen LogP contribution in [0.2, 0.25) is 0 Å². The Morgan fingerprint density at radius 3 is 2.48 bits per heavy atom. The Kier molecular flexibility index (Phi) is 9.55. The van der Waals surface area contributed by atoms with Crippen molar-refractivity contribution in [3.63, 3.8) is 0 Å². The maximum atomic E-state index is 11.8. The van der Waals surface area contributed by atoms with Gasteiger partial charge in [0.15, 0.2) is 0 Å². The maximum absolute atomic E-state index is 11.8. The van der Waals surface area contributed by atoms with E-state index in [4.69, 9.17) is 5.11 Å². The molecule has 1 unspecified atom stereocenters. The van der Waals surface area contributed by atoms with E-state index in [0.29, 0.717) is 6.54 Å². The fraction of sp³-hybridized carbons (Fsp3) is 0.556. The number of aliphatic hydroxyl groups is 2. The first-order valence-corrected chi connectivity index (χ1v) is 9.47. The monoisotopic (exact) mass is 368 g/mol. The van der Waals surface area contributed by atoms with E-state index in [1.54, 1.807) is 25.6 Å². The van der Waals surface area contributed by atoms with E-state index in [1.807, 2.05) is 18.2 Å². The first-order valence-electron chi connectivity index (χ1n) is 8.32. The van der Waals surface area contributed by atoms with E-state index >= 15 is 0 Å². The molecule has 1 rings (SSSR count). The lowest BCUT2D eigenvalue weighted by Crippen LogP contribution is -2.46. The van der Waals surface area contributed by atoms with Crippen molar-refractivity contribution >= 4 is 23.6 Å². The van der Waals surface area contributed by atoms with Gasteiger partial charge in [-0.25, -0.2) is 0 Å². The lowest BCUT2D eigenvalue weighted by molar-refractivity contribution is -0.137. The normalized spacial score (nSPS) is 12.5. The molecule has 2 amide bonds. The number of benzene rings is 1. The van der Waals surface area contributed by atoms with E-state index in [-0.39, 0.29) is 25.5 Å². The summed E-state index contributed by atoms with van der Waals surface area (Å²) in [5, 5.41) is 24.3. The van der Waals surface area contributed by atoms with Crippen LogP contribution in [0.25, 0.3) is 0 Å². The molecule has 7 heteroatoms. The van der Waals surface area contributed by atoms with Crippen molar-refractivity contribution in [2.75, 3.05) is 25.4 Å². The van der Waals surface area contributed by atoms with E-state index in [1.165, 1.54) is 5.56 Å². The third-order valence-corrected chi connectivity index (χ3v) is 4.76. The molecular formula is C18H28N2O4S. The summed E-state index contributed by atoms with van der Waals surface area (Å²) in [6.45, 7) is 3.61. The van der Waals surface area contributed by atoms with Gasteiger partial charge in [-0.2, -0.15) is 11.8 Å². The molecule has 25 heavy (non-hydrogen) atoms. The van der Waals surface area contributed by atoms with Crippen LogP contribution in [0.15, 0.2) is 30.3 Å². The van der Waals surface area contributed by atoms with E-state index in [2.05, 4.69) is 22.8 Å². The zero-order valence-electron chi connectivity index (χ0n) is 14.8. The Morgan fingerprint density at radius 1 is 1.16 bits per heavy atom. The fourth-order valence-corrected chi connectivity index (χ4v) is 2.77. The average Bonchev–Trinajstić information content (AvgIpc) is 2.61. The molecule has 0 bridgehead atoms. The molecule has 0 saturated carbocycles. The smallest absolute Gasteiger partial charge is 0.249 e. The zero-order chi connectivity index (χ0) is 18.7. The van der Waals surface area contributed by atoms with Crippen LogP contribution in [0.3, 0.4) is 0 Å². The van der Waals surface area contributed by atoms with Crippen LogP contribution in [0.1, 0.15) is 25.8 Å². The molecule has 140 valence electrons. The Labute approximate surface area is 153 Å². The molecule has 4 N–H and O–H groups in total. The molecule has 0 heterocycles. The van der Waals surface area contributed by atoms with Crippen LogP contribution in [-0.4, -0.2) is 53.6 Å². The van der Waals surface area contributed by atoms with E-state index < -0.39 is 17.4 Å². The molecule has 1 aromatic carbocycles. The fourth-order valence-electron chi connectivity index (χ4n) is 1.95. The summed E-state index contributed by atoms with van der Waals surface area (Å²) in [5.41, 5.74) is 0.341. The quantitative estimate of drug-likeness (QED) is 0.436. The predicted octanol–water partition coefficient (Wildman–Crippen LogP) is 0.922. The third kappa shape index (κ3) is 8.38. The van der Waals surface area contributed by atoms with Crippen LogP contribution in [-0.2, 0) is 15.3 Å². The van der Waals surface area contributed by atoms with Crippen molar-refractivity contribution in [3.05, 3.63) is 35.9 Å². The van der Waals surface area contributed by atoms with Gasteiger partial charge in [0.25, 0.3) is 0 Å². The minimum absolute atomic E-state index is 0.142. The van der Waals surface area contributed by atoms with Crippen LogP contribution >= 0.6 is 11.8 Å². The molecule has 1 aromatic rings. The van der Waals surface area contributed by atoms with Crippen molar-refractivity contribution in [3.8, 4) is 0 Å². The number of carbonyl (C=O) groups is 2. The van der Waals surface area contributed by atoms with Gasteiger partial charge >= 0.3 is 0 Å². The van der Waals surface area contributed by atoms with Crippen molar-refractivity contribution in [1.82, 2.24) is 10.6 Å². The summed E-state index contributed by atoms with van der Waals surface area (Å²) >= 11 is 1.75. The van der Waals surface area contributed by atoms with Crippen molar-refractivity contribution in [1.29, 1.82) is 0 Å². The highest BCUT2D eigenvalue weighted by molar-refractivity contribution is 7.98. The molecule has 0 aromatic heterocycles. The van der Waals surface area contributed by atoms with Gasteiger partial charge in [0.2, 0.25) is 11.8 Å². The minimum atomic E-state index is -1.31. The van der Waals surface area contributed by atoms with E-state index in [9.17, 15) is 14.7 Å². The second kappa shape index (κ2) is 11.1. The number of carbonyl (C=O) groups excluding carboxylic acids is 2. The summed E-state index contributed by atoms with van der Waals surface area (Å²) in [6, 6.07) is 10.1. The summed E-state index contributed by atoms with van der Waals surface area (Å²) < 4.78 is 0. The number of hydrogen-bond donors (Lipinski definition) is 4. The number of nitrogens with one attached hydrogen (secondary N) is 2. The van der Waals surface area contributed by atoms with Crippen LogP contribution < -0.4 is 10.6 Å². The lowest BCUT2D eigenvalue weighted by atomic mass is 9.87. The van der Waals surface area contributed by atoms with Gasteiger partial charge in [-0.1, -0.05) is 44.2 Å².